The molecule has 1 atom stereocenters. The molecule has 0 spiro atoms. The molecule has 1 aromatic carbocycles. The van der Waals surface area contributed by atoms with Crippen molar-refractivity contribution >= 4 is 0 Å². The monoisotopic (exact) mass is 253 g/mol. The van der Waals surface area contributed by atoms with Gasteiger partial charge in [0.05, 0.1) is 19.8 Å². The summed E-state index contributed by atoms with van der Waals surface area (Å²) in [4.78, 5) is 0. The van der Waals surface area contributed by atoms with Crippen LogP contribution in [0.5, 0.6) is 11.5 Å². The highest BCUT2D eigenvalue weighted by atomic mass is 16.5. The van der Waals surface area contributed by atoms with Crippen molar-refractivity contribution in [3.05, 3.63) is 23.8 Å². The van der Waals surface area contributed by atoms with Crippen molar-refractivity contribution in [3.63, 3.8) is 0 Å². The molecule has 1 rings (SSSR count). The molecule has 0 bridgehead atoms. The lowest BCUT2D eigenvalue weighted by molar-refractivity contribution is 0.0555. The molecular weight excluding hydrogens is 230 g/mol. The fourth-order valence-electron chi connectivity index (χ4n) is 1.59. The maximum absolute atomic E-state index is 9.88. The van der Waals surface area contributed by atoms with Crippen molar-refractivity contribution in [2.24, 2.45) is 0 Å². The number of hydrogen-bond donors (Lipinski definition) is 2. The van der Waals surface area contributed by atoms with Gasteiger partial charge in [0, 0.05) is 13.1 Å². The number of hydrogen-bond acceptors (Lipinski definition) is 4. The number of benzene rings is 1. The molecule has 1 aromatic rings. The molecule has 0 aromatic heterocycles. The second kappa shape index (κ2) is 6.61. The van der Waals surface area contributed by atoms with Crippen LogP contribution in [0.3, 0.4) is 0 Å². The molecule has 0 heterocycles. The Morgan fingerprint density at radius 3 is 2.44 bits per heavy atom. The lowest BCUT2D eigenvalue weighted by Gasteiger charge is -2.21. The van der Waals surface area contributed by atoms with Crippen LogP contribution in [0.1, 0.15) is 25.8 Å². The fraction of sp³-hybridized carbons (Fsp3) is 0.571. The third kappa shape index (κ3) is 4.20. The van der Waals surface area contributed by atoms with Gasteiger partial charge < -0.3 is 19.9 Å². The molecule has 0 aliphatic heterocycles. The Bertz CT molecular complexity index is 377. The maximum Gasteiger partial charge on any atom is 0.161 e. The van der Waals surface area contributed by atoms with Crippen LogP contribution in [0, 0.1) is 0 Å². The molecule has 0 saturated carbocycles. The number of ether oxygens (including phenoxy) is 2. The zero-order valence-corrected chi connectivity index (χ0v) is 11.6. The van der Waals surface area contributed by atoms with Crippen LogP contribution in [-0.2, 0) is 6.54 Å². The molecule has 0 amide bonds. The van der Waals surface area contributed by atoms with E-state index in [2.05, 4.69) is 5.32 Å². The van der Waals surface area contributed by atoms with Crippen LogP contribution >= 0.6 is 0 Å². The van der Waals surface area contributed by atoms with Gasteiger partial charge in [-0.15, -0.1) is 0 Å². The zero-order chi connectivity index (χ0) is 13.6. The minimum atomic E-state index is -0.656. The van der Waals surface area contributed by atoms with Crippen molar-refractivity contribution in [2.45, 2.75) is 32.4 Å². The van der Waals surface area contributed by atoms with Crippen LogP contribution in [-0.4, -0.2) is 31.5 Å². The first-order valence-corrected chi connectivity index (χ1v) is 6.16. The Morgan fingerprint density at radius 1 is 1.22 bits per heavy atom. The first-order chi connectivity index (χ1) is 8.52. The predicted molar refractivity (Wildman–Crippen MR) is 72.2 cm³/mol. The Balaban J connectivity index is 2.58. The van der Waals surface area contributed by atoms with E-state index >= 15 is 0 Å². The highest BCUT2D eigenvalue weighted by Gasteiger charge is 2.16. The summed E-state index contributed by atoms with van der Waals surface area (Å²) in [6, 6.07) is 5.80. The molecule has 102 valence electrons. The molecule has 4 nitrogen and oxygen atoms in total. The minimum absolute atomic E-state index is 0.567. The second-order valence-corrected chi connectivity index (χ2v) is 4.64. The molecule has 0 saturated heterocycles. The number of nitrogens with one attached hydrogen (secondary N) is 1. The largest absolute Gasteiger partial charge is 0.493 e. The van der Waals surface area contributed by atoms with E-state index in [1.165, 1.54) is 0 Å². The molecular formula is C14H23NO3. The zero-order valence-electron chi connectivity index (χ0n) is 11.6. The van der Waals surface area contributed by atoms with E-state index < -0.39 is 5.60 Å². The summed E-state index contributed by atoms with van der Waals surface area (Å²) in [5, 5.41) is 13.1. The summed E-state index contributed by atoms with van der Waals surface area (Å²) in [5.41, 5.74) is 0.441. The van der Waals surface area contributed by atoms with E-state index in [9.17, 15) is 5.11 Å². The molecule has 0 aliphatic rings. The second-order valence-electron chi connectivity index (χ2n) is 4.64. The standard InChI is InChI=1S/C14H23NO3/c1-5-14(2,16)10-15-9-11-6-7-12(17-3)13(8-11)18-4/h6-8,15-16H,5,9-10H2,1-4H3. The summed E-state index contributed by atoms with van der Waals surface area (Å²) in [7, 11) is 3.24. The van der Waals surface area contributed by atoms with Crippen molar-refractivity contribution < 1.29 is 14.6 Å². The summed E-state index contributed by atoms with van der Waals surface area (Å²) in [6.07, 6.45) is 0.728. The quantitative estimate of drug-likeness (QED) is 0.780. The Kier molecular flexibility index (Phi) is 5.44. The predicted octanol–water partition coefficient (Wildman–Crippen LogP) is 1.95. The summed E-state index contributed by atoms with van der Waals surface area (Å²) >= 11 is 0. The summed E-state index contributed by atoms with van der Waals surface area (Å²) in [6.45, 7) is 5.06. The minimum Gasteiger partial charge on any atom is -0.493 e. The van der Waals surface area contributed by atoms with Gasteiger partial charge in [0.2, 0.25) is 0 Å². The highest BCUT2D eigenvalue weighted by Crippen LogP contribution is 2.27. The maximum atomic E-state index is 9.88. The molecule has 0 fully saturated rings. The van der Waals surface area contributed by atoms with Crippen molar-refractivity contribution in [1.82, 2.24) is 5.32 Å². The van der Waals surface area contributed by atoms with Crippen LogP contribution in [0.25, 0.3) is 0 Å². The average molecular weight is 253 g/mol. The number of aliphatic hydroxyl groups is 1. The van der Waals surface area contributed by atoms with E-state index in [1.807, 2.05) is 32.0 Å². The smallest absolute Gasteiger partial charge is 0.161 e. The molecule has 4 heteroatoms. The van der Waals surface area contributed by atoms with Crippen LogP contribution in [0.4, 0.5) is 0 Å². The van der Waals surface area contributed by atoms with Crippen molar-refractivity contribution in [1.29, 1.82) is 0 Å². The first kappa shape index (κ1) is 14.8. The highest BCUT2D eigenvalue weighted by molar-refractivity contribution is 5.42. The van der Waals surface area contributed by atoms with Crippen molar-refractivity contribution in [2.75, 3.05) is 20.8 Å². The SMILES string of the molecule is CCC(C)(O)CNCc1ccc(OC)c(OC)c1. The van der Waals surface area contributed by atoms with Gasteiger partial charge in [0.25, 0.3) is 0 Å². The normalized spacial score (nSPS) is 14.1. The Labute approximate surface area is 109 Å². The van der Waals surface area contributed by atoms with E-state index in [0.717, 1.165) is 23.5 Å². The third-order valence-corrected chi connectivity index (χ3v) is 3.04. The first-order valence-electron chi connectivity index (χ1n) is 6.16. The van der Waals surface area contributed by atoms with Crippen LogP contribution in [0.15, 0.2) is 18.2 Å². The van der Waals surface area contributed by atoms with Gasteiger partial charge in [-0.3, -0.25) is 0 Å². The molecule has 1 unspecified atom stereocenters. The van der Waals surface area contributed by atoms with Crippen molar-refractivity contribution in [3.8, 4) is 11.5 Å². The molecule has 0 aliphatic carbocycles. The van der Waals surface area contributed by atoms with Gasteiger partial charge in [-0.2, -0.15) is 0 Å². The van der Waals surface area contributed by atoms with Crippen LogP contribution < -0.4 is 14.8 Å². The van der Waals surface area contributed by atoms with E-state index in [-0.39, 0.29) is 0 Å². The molecule has 2 N–H and O–H groups in total. The van der Waals surface area contributed by atoms with Gasteiger partial charge >= 0.3 is 0 Å². The van der Waals surface area contributed by atoms with Gasteiger partial charge in [-0.25, -0.2) is 0 Å². The third-order valence-electron chi connectivity index (χ3n) is 3.04. The van der Waals surface area contributed by atoms with Gasteiger partial charge in [-0.1, -0.05) is 13.0 Å². The number of methoxy groups -OCH3 is 2. The van der Waals surface area contributed by atoms with Gasteiger partial charge in [0.15, 0.2) is 11.5 Å². The Hall–Kier alpha value is -1.26. The fourth-order valence-corrected chi connectivity index (χ4v) is 1.59. The summed E-state index contributed by atoms with van der Waals surface area (Å²) < 4.78 is 10.4. The number of rotatable bonds is 7. The van der Waals surface area contributed by atoms with E-state index in [1.54, 1.807) is 14.2 Å². The van der Waals surface area contributed by atoms with E-state index in [4.69, 9.17) is 9.47 Å². The summed E-state index contributed by atoms with van der Waals surface area (Å²) in [5.74, 6) is 1.45. The van der Waals surface area contributed by atoms with E-state index in [0.29, 0.717) is 13.1 Å². The Morgan fingerprint density at radius 2 is 1.89 bits per heavy atom. The van der Waals surface area contributed by atoms with Gasteiger partial charge in [0.1, 0.15) is 0 Å². The average Bonchev–Trinajstić information content (AvgIpc) is 2.38. The van der Waals surface area contributed by atoms with Gasteiger partial charge in [-0.05, 0) is 31.0 Å². The van der Waals surface area contributed by atoms with Crippen LogP contribution in [0.2, 0.25) is 0 Å². The lowest BCUT2D eigenvalue weighted by atomic mass is 10.0. The topological polar surface area (TPSA) is 50.7 Å². The molecule has 18 heavy (non-hydrogen) atoms. The lowest BCUT2D eigenvalue weighted by Crippen LogP contribution is -2.36. The molecule has 0 radical (unpaired) electrons.